The Morgan fingerprint density at radius 1 is 1.65 bits per heavy atom. The lowest BCUT2D eigenvalue weighted by atomic mass is 9.81. The van der Waals surface area contributed by atoms with E-state index < -0.39 is 0 Å². The van der Waals surface area contributed by atoms with Crippen LogP contribution in [0.2, 0.25) is 0 Å². The minimum atomic E-state index is 0.254. The minimum absolute atomic E-state index is 0.254. The summed E-state index contributed by atoms with van der Waals surface area (Å²) in [6.07, 6.45) is 6.31. The monoisotopic (exact) mass is 235 g/mol. The summed E-state index contributed by atoms with van der Waals surface area (Å²) in [6, 6.07) is 4.45. The molecule has 0 bridgehead atoms. The molecule has 2 unspecified atom stereocenters. The molecule has 4 heteroatoms. The Morgan fingerprint density at radius 2 is 2.53 bits per heavy atom. The van der Waals surface area contributed by atoms with Crippen LogP contribution in [0.4, 0.5) is 0 Å². The number of nitrogens with one attached hydrogen (secondary N) is 1. The van der Waals surface area contributed by atoms with E-state index in [9.17, 15) is 0 Å². The van der Waals surface area contributed by atoms with Crippen molar-refractivity contribution in [3.8, 4) is 0 Å². The third-order valence-electron chi connectivity index (χ3n) is 3.57. The molecule has 1 aromatic heterocycles. The summed E-state index contributed by atoms with van der Waals surface area (Å²) in [5.41, 5.74) is 5.52. The number of rotatable bonds is 5. The molecule has 2 rings (SSSR count). The van der Waals surface area contributed by atoms with E-state index in [0.29, 0.717) is 5.92 Å². The fourth-order valence-corrected chi connectivity index (χ4v) is 2.68. The van der Waals surface area contributed by atoms with Crippen LogP contribution in [-0.4, -0.2) is 24.7 Å². The molecule has 0 saturated heterocycles. The zero-order chi connectivity index (χ0) is 12.1. The lowest BCUT2D eigenvalue weighted by molar-refractivity contribution is 0.175. The number of methoxy groups -OCH3 is 1. The maximum atomic E-state index is 5.67. The van der Waals surface area contributed by atoms with Crippen molar-refractivity contribution in [1.29, 1.82) is 0 Å². The van der Waals surface area contributed by atoms with Gasteiger partial charge in [-0.15, -0.1) is 0 Å². The first-order chi connectivity index (χ1) is 8.36. The van der Waals surface area contributed by atoms with Crippen LogP contribution in [0, 0.1) is 0 Å². The van der Waals surface area contributed by atoms with E-state index in [2.05, 4.69) is 16.5 Å². The van der Waals surface area contributed by atoms with E-state index in [1.54, 1.807) is 7.11 Å². The Balaban J connectivity index is 2.15. The maximum absolute atomic E-state index is 5.67. The van der Waals surface area contributed by atoms with Crippen molar-refractivity contribution >= 4 is 0 Å². The number of aryl methyl sites for hydroxylation is 1. The van der Waals surface area contributed by atoms with Crippen LogP contribution in [0.1, 0.15) is 36.4 Å². The highest BCUT2D eigenvalue weighted by Gasteiger charge is 2.27. The summed E-state index contributed by atoms with van der Waals surface area (Å²) >= 11 is 0. The number of nitrogens with two attached hydrogens (primary N) is 1. The third kappa shape index (κ3) is 2.83. The molecular formula is C13H21N3O. The number of hydrogen-bond acceptors (Lipinski definition) is 4. The molecule has 1 aliphatic rings. The Hall–Kier alpha value is -0.970. The SMILES string of the molecule is COCCC(NN)C1CCCc2cccnc21. The van der Waals surface area contributed by atoms with Gasteiger partial charge in [-0.25, -0.2) is 0 Å². The van der Waals surface area contributed by atoms with Crippen LogP contribution in [-0.2, 0) is 11.2 Å². The molecule has 94 valence electrons. The predicted octanol–water partition coefficient (Wildman–Crippen LogP) is 1.37. The molecule has 0 aromatic carbocycles. The van der Waals surface area contributed by atoms with E-state index >= 15 is 0 Å². The molecule has 0 amide bonds. The standard InChI is InChI=1S/C13H21N3O/c1-17-9-7-12(16-14)11-6-2-4-10-5-3-8-15-13(10)11/h3,5,8,11-12,16H,2,4,6-7,9,14H2,1H3. The summed E-state index contributed by atoms with van der Waals surface area (Å²) in [4.78, 5) is 4.54. The molecule has 1 aromatic rings. The van der Waals surface area contributed by atoms with Gasteiger partial charge >= 0.3 is 0 Å². The average molecular weight is 235 g/mol. The lowest BCUT2D eigenvalue weighted by Gasteiger charge is -2.30. The Morgan fingerprint density at radius 3 is 3.29 bits per heavy atom. The molecule has 1 aliphatic carbocycles. The molecule has 1 heterocycles. The Kier molecular flexibility index (Phi) is 4.48. The zero-order valence-electron chi connectivity index (χ0n) is 10.4. The Labute approximate surface area is 103 Å². The minimum Gasteiger partial charge on any atom is -0.385 e. The van der Waals surface area contributed by atoms with Gasteiger partial charge in [0.25, 0.3) is 0 Å². The van der Waals surface area contributed by atoms with E-state index in [1.807, 2.05) is 12.3 Å². The highest BCUT2D eigenvalue weighted by molar-refractivity contribution is 5.27. The summed E-state index contributed by atoms with van der Waals surface area (Å²) in [5, 5.41) is 0. The van der Waals surface area contributed by atoms with Gasteiger partial charge in [0, 0.05) is 37.6 Å². The third-order valence-corrected chi connectivity index (χ3v) is 3.57. The number of fused-ring (bicyclic) bond motifs is 1. The number of ether oxygens (including phenoxy) is 1. The highest BCUT2D eigenvalue weighted by atomic mass is 16.5. The maximum Gasteiger partial charge on any atom is 0.0482 e. The van der Waals surface area contributed by atoms with Crippen molar-refractivity contribution in [1.82, 2.24) is 10.4 Å². The summed E-state index contributed by atoms with van der Waals surface area (Å²) in [7, 11) is 1.72. The molecule has 2 atom stereocenters. The average Bonchev–Trinajstić information content (AvgIpc) is 2.40. The second-order valence-electron chi connectivity index (χ2n) is 4.60. The Bertz CT molecular complexity index is 356. The first-order valence-corrected chi connectivity index (χ1v) is 6.25. The van der Waals surface area contributed by atoms with Gasteiger partial charge in [0.05, 0.1) is 0 Å². The number of hydrogen-bond donors (Lipinski definition) is 2. The number of hydrazine groups is 1. The predicted molar refractivity (Wildman–Crippen MR) is 67.5 cm³/mol. The highest BCUT2D eigenvalue weighted by Crippen LogP contribution is 2.33. The zero-order valence-corrected chi connectivity index (χ0v) is 10.4. The van der Waals surface area contributed by atoms with Gasteiger partial charge in [-0.1, -0.05) is 6.07 Å². The van der Waals surface area contributed by atoms with Crippen molar-refractivity contribution in [2.24, 2.45) is 5.84 Å². The fraction of sp³-hybridized carbons (Fsp3) is 0.615. The van der Waals surface area contributed by atoms with Crippen molar-refractivity contribution in [3.05, 3.63) is 29.6 Å². The topological polar surface area (TPSA) is 60.2 Å². The van der Waals surface area contributed by atoms with E-state index in [4.69, 9.17) is 10.6 Å². The first kappa shape index (κ1) is 12.5. The molecule has 0 fully saturated rings. The molecule has 0 saturated carbocycles. The lowest BCUT2D eigenvalue weighted by Crippen LogP contribution is -2.42. The molecule has 17 heavy (non-hydrogen) atoms. The largest absolute Gasteiger partial charge is 0.385 e. The first-order valence-electron chi connectivity index (χ1n) is 6.25. The number of nitrogens with zero attached hydrogens (tertiary/aromatic N) is 1. The number of aromatic nitrogens is 1. The van der Waals surface area contributed by atoms with Crippen molar-refractivity contribution < 1.29 is 4.74 Å². The molecule has 0 spiro atoms. The van der Waals surface area contributed by atoms with Crippen molar-refractivity contribution in [2.75, 3.05) is 13.7 Å². The fourth-order valence-electron chi connectivity index (χ4n) is 2.68. The van der Waals surface area contributed by atoms with Gasteiger partial charge < -0.3 is 4.74 Å². The quantitative estimate of drug-likeness (QED) is 0.598. The normalized spacial score (nSPS) is 20.9. The molecule has 0 aliphatic heterocycles. The van der Waals surface area contributed by atoms with Gasteiger partial charge in [0.15, 0.2) is 0 Å². The van der Waals surface area contributed by atoms with Crippen LogP contribution < -0.4 is 11.3 Å². The molecule has 0 radical (unpaired) electrons. The van der Waals surface area contributed by atoms with Crippen LogP contribution in [0.25, 0.3) is 0 Å². The summed E-state index contributed by atoms with van der Waals surface area (Å²) in [6.45, 7) is 0.730. The van der Waals surface area contributed by atoms with Gasteiger partial charge in [-0.05, 0) is 37.3 Å². The van der Waals surface area contributed by atoms with E-state index in [0.717, 1.165) is 25.9 Å². The van der Waals surface area contributed by atoms with Gasteiger partial charge in [0.1, 0.15) is 0 Å². The summed E-state index contributed by atoms with van der Waals surface area (Å²) in [5.74, 6) is 6.08. The smallest absolute Gasteiger partial charge is 0.0482 e. The van der Waals surface area contributed by atoms with Gasteiger partial charge in [-0.2, -0.15) is 0 Å². The van der Waals surface area contributed by atoms with Gasteiger partial charge in [-0.3, -0.25) is 16.3 Å². The number of pyridine rings is 1. The van der Waals surface area contributed by atoms with E-state index in [1.165, 1.54) is 17.7 Å². The molecule has 3 N–H and O–H groups in total. The van der Waals surface area contributed by atoms with Crippen molar-refractivity contribution in [2.45, 2.75) is 37.6 Å². The second kappa shape index (κ2) is 6.10. The van der Waals surface area contributed by atoms with Crippen LogP contribution in [0.5, 0.6) is 0 Å². The molecular weight excluding hydrogens is 214 g/mol. The van der Waals surface area contributed by atoms with Gasteiger partial charge in [0.2, 0.25) is 0 Å². The van der Waals surface area contributed by atoms with Crippen LogP contribution in [0.3, 0.4) is 0 Å². The van der Waals surface area contributed by atoms with Crippen LogP contribution >= 0.6 is 0 Å². The van der Waals surface area contributed by atoms with E-state index in [-0.39, 0.29) is 6.04 Å². The second-order valence-corrected chi connectivity index (χ2v) is 4.60. The van der Waals surface area contributed by atoms with Crippen LogP contribution in [0.15, 0.2) is 18.3 Å². The molecule has 4 nitrogen and oxygen atoms in total. The summed E-state index contributed by atoms with van der Waals surface area (Å²) < 4.78 is 5.14. The van der Waals surface area contributed by atoms with Crippen molar-refractivity contribution in [3.63, 3.8) is 0 Å².